The highest BCUT2D eigenvalue weighted by Crippen LogP contribution is 2.34. The van der Waals surface area contributed by atoms with E-state index in [1.807, 2.05) is 5.51 Å². The summed E-state index contributed by atoms with van der Waals surface area (Å²) < 4.78 is 0. The van der Waals surface area contributed by atoms with Crippen molar-refractivity contribution in [2.45, 2.75) is 25.3 Å². The third kappa shape index (κ3) is 2.13. The van der Waals surface area contributed by atoms with Crippen molar-refractivity contribution in [1.29, 1.82) is 0 Å². The van der Waals surface area contributed by atoms with Crippen molar-refractivity contribution in [3.63, 3.8) is 0 Å². The Bertz CT molecular complexity index is 493. The lowest BCUT2D eigenvalue weighted by Gasteiger charge is -2.31. The van der Waals surface area contributed by atoms with Crippen LogP contribution >= 0.6 is 11.3 Å². The van der Waals surface area contributed by atoms with Gasteiger partial charge in [-0.05, 0) is 24.5 Å². The Balaban J connectivity index is 1.57. The molecule has 0 bridgehead atoms. The molecule has 0 saturated heterocycles. The van der Waals surface area contributed by atoms with Gasteiger partial charge in [0, 0.05) is 23.9 Å². The maximum Gasteiger partial charge on any atom is 0.0795 e. The quantitative estimate of drug-likeness (QED) is 0.893. The van der Waals surface area contributed by atoms with Gasteiger partial charge in [0.2, 0.25) is 0 Å². The normalized spacial score (nSPS) is 19.5. The minimum atomic E-state index is 0.356. The lowest BCUT2D eigenvalue weighted by molar-refractivity contribution is 0.484. The summed E-state index contributed by atoms with van der Waals surface area (Å²) in [6, 6.07) is 9.10. The molecule has 0 fully saturated rings. The first-order valence-corrected chi connectivity index (χ1v) is 6.98. The monoisotopic (exact) mass is 244 g/mol. The number of nitrogens with one attached hydrogen (secondary N) is 1. The Morgan fingerprint density at radius 2 is 2.35 bits per heavy atom. The smallest absolute Gasteiger partial charge is 0.0795 e. The van der Waals surface area contributed by atoms with Crippen LogP contribution in [0.3, 0.4) is 0 Å². The van der Waals surface area contributed by atoms with E-state index in [9.17, 15) is 0 Å². The number of fused-ring (bicyclic) bond motifs is 1. The highest BCUT2D eigenvalue weighted by atomic mass is 32.1. The maximum absolute atomic E-state index is 4.34. The van der Waals surface area contributed by atoms with Gasteiger partial charge in [-0.15, -0.1) is 11.3 Å². The number of nitrogens with zero attached hydrogens (tertiary/aromatic N) is 1. The van der Waals surface area contributed by atoms with Gasteiger partial charge in [0.25, 0.3) is 0 Å². The van der Waals surface area contributed by atoms with Crippen molar-refractivity contribution in [2.24, 2.45) is 0 Å². The van der Waals surface area contributed by atoms with Crippen molar-refractivity contribution in [3.05, 3.63) is 52.0 Å². The van der Waals surface area contributed by atoms with Crippen LogP contribution < -0.4 is 5.32 Å². The minimum Gasteiger partial charge on any atom is -0.308 e. The molecule has 2 unspecified atom stereocenters. The Kier molecular flexibility index (Phi) is 2.95. The van der Waals surface area contributed by atoms with Crippen LogP contribution in [-0.2, 0) is 6.42 Å². The maximum atomic E-state index is 4.34. The molecule has 1 aliphatic carbocycles. The standard InChI is InChI=1S/C14H16N2S/c1-10(14-8-17-9-16-14)15-7-12-6-11-4-2-3-5-13(11)12/h2-5,8-10,12,15H,6-7H2,1H3. The fourth-order valence-corrected chi connectivity index (χ4v) is 3.05. The van der Waals surface area contributed by atoms with E-state index < -0.39 is 0 Å². The van der Waals surface area contributed by atoms with Gasteiger partial charge in [0.05, 0.1) is 11.2 Å². The molecule has 2 aromatic rings. The number of benzene rings is 1. The molecule has 1 N–H and O–H groups in total. The molecule has 1 aromatic heterocycles. The third-order valence-corrected chi connectivity index (χ3v) is 4.13. The molecule has 3 heteroatoms. The fourth-order valence-electron chi connectivity index (χ4n) is 2.40. The molecule has 0 aliphatic heterocycles. The predicted octanol–water partition coefficient (Wildman–Crippen LogP) is 3.13. The van der Waals surface area contributed by atoms with Gasteiger partial charge < -0.3 is 5.32 Å². The SMILES string of the molecule is CC(NCC1Cc2ccccc21)c1cscn1. The number of hydrogen-bond donors (Lipinski definition) is 1. The van der Waals surface area contributed by atoms with E-state index >= 15 is 0 Å². The minimum absolute atomic E-state index is 0.356. The second-order valence-corrected chi connectivity index (χ2v) is 5.36. The van der Waals surface area contributed by atoms with Crippen LogP contribution in [0.2, 0.25) is 0 Å². The number of thiazole rings is 1. The van der Waals surface area contributed by atoms with Gasteiger partial charge in [0.15, 0.2) is 0 Å². The van der Waals surface area contributed by atoms with Gasteiger partial charge in [-0.25, -0.2) is 4.98 Å². The Morgan fingerprint density at radius 3 is 3.12 bits per heavy atom. The topological polar surface area (TPSA) is 24.9 Å². The number of rotatable bonds is 4. The zero-order chi connectivity index (χ0) is 11.7. The molecule has 0 spiro atoms. The molecule has 0 radical (unpaired) electrons. The Labute approximate surface area is 106 Å². The molecule has 2 nitrogen and oxygen atoms in total. The Hall–Kier alpha value is -1.19. The van der Waals surface area contributed by atoms with Crippen molar-refractivity contribution in [2.75, 3.05) is 6.54 Å². The molecular formula is C14H16N2S. The van der Waals surface area contributed by atoms with Crippen LogP contribution in [0.5, 0.6) is 0 Å². The van der Waals surface area contributed by atoms with Gasteiger partial charge >= 0.3 is 0 Å². The molecular weight excluding hydrogens is 228 g/mol. The van der Waals surface area contributed by atoms with Gasteiger partial charge in [-0.3, -0.25) is 0 Å². The summed E-state index contributed by atoms with van der Waals surface area (Å²) in [4.78, 5) is 4.34. The van der Waals surface area contributed by atoms with E-state index in [2.05, 4.69) is 46.9 Å². The van der Waals surface area contributed by atoms with E-state index in [1.165, 1.54) is 17.5 Å². The second-order valence-electron chi connectivity index (χ2n) is 4.64. The highest BCUT2D eigenvalue weighted by Gasteiger charge is 2.25. The van der Waals surface area contributed by atoms with E-state index in [0.29, 0.717) is 12.0 Å². The summed E-state index contributed by atoms with van der Waals surface area (Å²) >= 11 is 1.66. The number of aromatic nitrogens is 1. The summed E-state index contributed by atoms with van der Waals surface area (Å²) in [5.74, 6) is 0.687. The fraction of sp³-hybridized carbons (Fsp3) is 0.357. The summed E-state index contributed by atoms with van der Waals surface area (Å²) in [7, 11) is 0. The van der Waals surface area contributed by atoms with Crippen molar-refractivity contribution in [3.8, 4) is 0 Å². The summed E-state index contributed by atoms with van der Waals surface area (Å²) in [5, 5.41) is 5.69. The molecule has 88 valence electrons. The zero-order valence-electron chi connectivity index (χ0n) is 9.89. The van der Waals surface area contributed by atoms with E-state index in [4.69, 9.17) is 0 Å². The first kappa shape index (κ1) is 10.9. The average Bonchev–Trinajstić information content (AvgIpc) is 2.83. The number of hydrogen-bond acceptors (Lipinski definition) is 3. The summed E-state index contributed by atoms with van der Waals surface area (Å²) in [5.41, 5.74) is 6.08. The van der Waals surface area contributed by atoms with Crippen molar-refractivity contribution < 1.29 is 0 Å². The predicted molar refractivity (Wildman–Crippen MR) is 71.4 cm³/mol. The van der Waals surface area contributed by atoms with Crippen LogP contribution in [0.25, 0.3) is 0 Å². The van der Waals surface area contributed by atoms with E-state index in [0.717, 1.165) is 12.2 Å². The first-order chi connectivity index (χ1) is 8.34. The summed E-state index contributed by atoms with van der Waals surface area (Å²) in [6.45, 7) is 3.23. The van der Waals surface area contributed by atoms with Crippen LogP contribution in [0.4, 0.5) is 0 Å². The molecule has 0 saturated carbocycles. The molecule has 2 atom stereocenters. The Morgan fingerprint density at radius 1 is 1.47 bits per heavy atom. The van der Waals surface area contributed by atoms with Crippen LogP contribution in [0.15, 0.2) is 35.2 Å². The molecule has 3 rings (SSSR count). The molecule has 17 heavy (non-hydrogen) atoms. The van der Waals surface area contributed by atoms with Crippen LogP contribution in [0, 0.1) is 0 Å². The average molecular weight is 244 g/mol. The molecule has 0 amide bonds. The highest BCUT2D eigenvalue weighted by molar-refractivity contribution is 7.07. The van der Waals surface area contributed by atoms with Crippen molar-refractivity contribution >= 4 is 11.3 Å². The lowest BCUT2D eigenvalue weighted by atomic mass is 9.77. The van der Waals surface area contributed by atoms with Gasteiger partial charge in [-0.1, -0.05) is 24.3 Å². The van der Waals surface area contributed by atoms with Gasteiger partial charge in [-0.2, -0.15) is 0 Å². The van der Waals surface area contributed by atoms with Gasteiger partial charge in [0.1, 0.15) is 0 Å². The lowest BCUT2D eigenvalue weighted by Crippen LogP contribution is -2.30. The third-order valence-electron chi connectivity index (χ3n) is 3.53. The van der Waals surface area contributed by atoms with E-state index in [-0.39, 0.29) is 0 Å². The van der Waals surface area contributed by atoms with Crippen molar-refractivity contribution in [1.82, 2.24) is 10.3 Å². The van der Waals surface area contributed by atoms with E-state index in [1.54, 1.807) is 11.3 Å². The first-order valence-electron chi connectivity index (χ1n) is 6.04. The largest absolute Gasteiger partial charge is 0.308 e. The molecule has 1 aromatic carbocycles. The summed E-state index contributed by atoms with van der Waals surface area (Å²) in [6.07, 6.45) is 1.22. The molecule has 1 aliphatic rings. The van der Waals surface area contributed by atoms with Crippen LogP contribution in [0.1, 0.15) is 35.7 Å². The second kappa shape index (κ2) is 4.59. The van der Waals surface area contributed by atoms with Crippen LogP contribution in [-0.4, -0.2) is 11.5 Å². The zero-order valence-corrected chi connectivity index (χ0v) is 10.7. The molecule has 1 heterocycles.